The third kappa shape index (κ3) is 3.19. The first kappa shape index (κ1) is 11.6. The molecule has 0 saturated carbocycles. The van der Waals surface area contributed by atoms with E-state index in [1.807, 2.05) is 0 Å². The summed E-state index contributed by atoms with van der Waals surface area (Å²) < 4.78 is 4.76. The maximum absolute atomic E-state index is 11.3. The number of carbonyl (C=O) groups is 1. The van der Waals surface area contributed by atoms with Gasteiger partial charge in [-0.3, -0.25) is 0 Å². The standard InChI is InChI=1S/C10H13NO2/c1-4-7-10(11,8-5-2)9(12)13-6-3/h1-2H,6-8,11H2,3H3. The van der Waals surface area contributed by atoms with Gasteiger partial charge in [-0.25, -0.2) is 4.79 Å². The van der Waals surface area contributed by atoms with Crippen molar-refractivity contribution >= 4 is 5.97 Å². The second-order valence-electron chi connectivity index (χ2n) is 2.64. The van der Waals surface area contributed by atoms with Crippen molar-refractivity contribution < 1.29 is 9.53 Å². The Labute approximate surface area is 78.6 Å². The number of terminal acetylenes is 2. The molecule has 0 aromatic heterocycles. The minimum atomic E-state index is -1.22. The zero-order valence-corrected chi connectivity index (χ0v) is 7.67. The molecule has 0 heterocycles. The van der Waals surface area contributed by atoms with Crippen LogP contribution in [-0.2, 0) is 9.53 Å². The van der Waals surface area contributed by atoms with E-state index in [9.17, 15) is 4.79 Å². The number of rotatable bonds is 4. The molecule has 0 aromatic carbocycles. The average molecular weight is 179 g/mol. The first-order valence-corrected chi connectivity index (χ1v) is 3.93. The molecule has 0 bridgehead atoms. The molecule has 0 aromatic rings. The van der Waals surface area contributed by atoms with Crippen molar-refractivity contribution in [3.63, 3.8) is 0 Å². The van der Waals surface area contributed by atoms with Gasteiger partial charge in [-0.05, 0) is 6.92 Å². The number of hydrogen-bond donors (Lipinski definition) is 1. The van der Waals surface area contributed by atoms with Gasteiger partial charge < -0.3 is 10.5 Å². The van der Waals surface area contributed by atoms with Crippen molar-refractivity contribution in [2.45, 2.75) is 25.3 Å². The van der Waals surface area contributed by atoms with E-state index in [0.29, 0.717) is 0 Å². The predicted octanol–water partition coefficient (Wildman–Crippen LogP) is 0.294. The minimum Gasteiger partial charge on any atom is -0.465 e. The lowest BCUT2D eigenvalue weighted by Gasteiger charge is -2.22. The molecule has 0 aliphatic rings. The lowest BCUT2D eigenvalue weighted by atomic mass is 9.93. The van der Waals surface area contributed by atoms with Gasteiger partial charge in [0.05, 0.1) is 6.61 Å². The average Bonchev–Trinajstić information content (AvgIpc) is 2.05. The van der Waals surface area contributed by atoms with Crippen LogP contribution in [0.3, 0.4) is 0 Å². The maximum atomic E-state index is 11.3. The Hall–Kier alpha value is -1.45. The molecule has 0 unspecified atom stereocenters. The van der Waals surface area contributed by atoms with E-state index in [-0.39, 0.29) is 19.4 Å². The first-order chi connectivity index (χ1) is 6.10. The van der Waals surface area contributed by atoms with Gasteiger partial charge in [0.25, 0.3) is 0 Å². The van der Waals surface area contributed by atoms with E-state index < -0.39 is 11.5 Å². The Morgan fingerprint density at radius 1 is 1.46 bits per heavy atom. The second-order valence-corrected chi connectivity index (χ2v) is 2.64. The van der Waals surface area contributed by atoms with Crippen LogP contribution in [0, 0.1) is 24.7 Å². The molecule has 70 valence electrons. The minimum absolute atomic E-state index is 0.0933. The molecule has 0 atom stereocenters. The molecule has 0 fully saturated rings. The van der Waals surface area contributed by atoms with Gasteiger partial charge in [0.1, 0.15) is 5.54 Å². The highest BCUT2D eigenvalue weighted by Crippen LogP contribution is 2.12. The van der Waals surface area contributed by atoms with Gasteiger partial charge in [0, 0.05) is 12.8 Å². The Bertz CT molecular complexity index is 241. The van der Waals surface area contributed by atoms with E-state index in [1.165, 1.54) is 0 Å². The Balaban J connectivity index is 4.50. The number of esters is 1. The molecule has 0 amide bonds. The van der Waals surface area contributed by atoms with Crippen molar-refractivity contribution in [1.82, 2.24) is 0 Å². The molecule has 0 radical (unpaired) electrons. The van der Waals surface area contributed by atoms with Crippen molar-refractivity contribution in [2.75, 3.05) is 6.61 Å². The summed E-state index contributed by atoms with van der Waals surface area (Å²) in [6.07, 6.45) is 10.3. The van der Waals surface area contributed by atoms with Gasteiger partial charge in [0.2, 0.25) is 0 Å². The van der Waals surface area contributed by atoms with Crippen molar-refractivity contribution in [1.29, 1.82) is 0 Å². The van der Waals surface area contributed by atoms with Gasteiger partial charge in [-0.2, -0.15) is 0 Å². The monoisotopic (exact) mass is 179 g/mol. The molecule has 0 spiro atoms. The first-order valence-electron chi connectivity index (χ1n) is 3.93. The van der Waals surface area contributed by atoms with E-state index >= 15 is 0 Å². The van der Waals surface area contributed by atoms with Crippen LogP contribution in [0.15, 0.2) is 0 Å². The zero-order chi connectivity index (χ0) is 10.3. The van der Waals surface area contributed by atoms with Crippen LogP contribution >= 0.6 is 0 Å². The molecule has 0 saturated heterocycles. The summed E-state index contributed by atoms with van der Waals surface area (Å²) >= 11 is 0. The van der Waals surface area contributed by atoms with Gasteiger partial charge in [-0.15, -0.1) is 24.7 Å². The fraction of sp³-hybridized carbons (Fsp3) is 0.500. The van der Waals surface area contributed by atoms with Crippen molar-refractivity contribution in [3.8, 4) is 24.7 Å². The molecular formula is C10H13NO2. The largest absolute Gasteiger partial charge is 0.465 e. The Morgan fingerprint density at radius 3 is 2.23 bits per heavy atom. The lowest BCUT2D eigenvalue weighted by molar-refractivity contribution is -0.149. The molecule has 0 aliphatic heterocycles. The fourth-order valence-electron chi connectivity index (χ4n) is 0.846. The summed E-state index contributed by atoms with van der Waals surface area (Å²) in [5.74, 6) is 4.09. The van der Waals surface area contributed by atoms with Crippen molar-refractivity contribution in [3.05, 3.63) is 0 Å². The molecule has 0 rings (SSSR count). The van der Waals surface area contributed by atoms with Gasteiger partial charge in [-0.1, -0.05) is 0 Å². The van der Waals surface area contributed by atoms with E-state index in [0.717, 1.165) is 0 Å². The summed E-state index contributed by atoms with van der Waals surface area (Å²) in [6.45, 7) is 1.97. The second kappa shape index (κ2) is 5.24. The van der Waals surface area contributed by atoms with Crippen LogP contribution in [-0.4, -0.2) is 18.1 Å². The predicted molar refractivity (Wildman–Crippen MR) is 50.5 cm³/mol. The summed E-state index contributed by atoms with van der Waals surface area (Å²) in [4.78, 5) is 11.3. The SMILES string of the molecule is C#CCC(N)(CC#C)C(=O)OCC. The molecular weight excluding hydrogens is 166 g/mol. The topological polar surface area (TPSA) is 52.3 Å². The molecule has 3 heteroatoms. The summed E-state index contributed by atoms with van der Waals surface area (Å²) in [5.41, 5.74) is 4.47. The highest BCUT2D eigenvalue weighted by Gasteiger charge is 2.33. The summed E-state index contributed by atoms with van der Waals surface area (Å²) in [7, 11) is 0. The van der Waals surface area contributed by atoms with E-state index in [2.05, 4.69) is 11.8 Å². The molecule has 3 nitrogen and oxygen atoms in total. The third-order valence-corrected chi connectivity index (χ3v) is 1.52. The van der Waals surface area contributed by atoms with Crippen LogP contribution in [0.4, 0.5) is 0 Å². The highest BCUT2D eigenvalue weighted by molar-refractivity contribution is 5.81. The third-order valence-electron chi connectivity index (χ3n) is 1.52. The van der Waals surface area contributed by atoms with Crippen LogP contribution in [0.1, 0.15) is 19.8 Å². The van der Waals surface area contributed by atoms with E-state index in [4.69, 9.17) is 23.3 Å². The van der Waals surface area contributed by atoms with Crippen molar-refractivity contribution in [2.24, 2.45) is 5.73 Å². The number of carbonyl (C=O) groups excluding carboxylic acids is 1. The van der Waals surface area contributed by atoms with Crippen LogP contribution in [0.5, 0.6) is 0 Å². The van der Waals surface area contributed by atoms with E-state index in [1.54, 1.807) is 6.92 Å². The van der Waals surface area contributed by atoms with Crippen LogP contribution < -0.4 is 5.73 Å². The summed E-state index contributed by atoms with van der Waals surface area (Å²) in [6, 6.07) is 0. The number of hydrogen-bond acceptors (Lipinski definition) is 3. The molecule has 0 aliphatic carbocycles. The van der Waals surface area contributed by atoms with Gasteiger partial charge >= 0.3 is 5.97 Å². The highest BCUT2D eigenvalue weighted by atomic mass is 16.5. The molecule has 2 N–H and O–H groups in total. The fourth-order valence-corrected chi connectivity index (χ4v) is 0.846. The number of ether oxygens (including phenoxy) is 1. The normalized spacial score (nSPS) is 9.85. The lowest BCUT2D eigenvalue weighted by Crippen LogP contribution is -2.48. The molecule has 13 heavy (non-hydrogen) atoms. The maximum Gasteiger partial charge on any atom is 0.328 e. The van der Waals surface area contributed by atoms with Crippen LogP contribution in [0.2, 0.25) is 0 Å². The zero-order valence-electron chi connectivity index (χ0n) is 7.67. The smallest absolute Gasteiger partial charge is 0.328 e. The Morgan fingerprint density at radius 2 is 1.92 bits per heavy atom. The Kier molecular flexibility index (Phi) is 4.66. The van der Waals surface area contributed by atoms with Crippen LogP contribution in [0.25, 0.3) is 0 Å². The van der Waals surface area contributed by atoms with Gasteiger partial charge in [0.15, 0.2) is 0 Å². The summed E-state index contributed by atoms with van der Waals surface area (Å²) in [5, 5.41) is 0. The number of nitrogens with two attached hydrogens (primary N) is 1. The quantitative estimate of drug-likeness (QED) is 0.498.